The van der Waals surface area contributed by atoms with E-state index in [1.807, 2.05) is 31.2 Å². The fraction of sp³-hybridized carbons (Fsp3) is 0.235. The highest BCUT2D eigenvalue weighted by Gasteiger charge is 2.21. The molecule has 1 unspecified atom stereocenters. The van der Waals surface area contributed by atoms with Crippen LogP contribution in [0.3, 0.4) is 0 Å². The van der Waals surface area contributed by atoms with E-state index in [1.165, 1.54) is 0 Å². The minimum absolute atomic E-state index is 0.395. The van der Waals surface area contributed by atoms with Gasteiger partial charge in [0, 0.05) is 7.11 Å². The van der Waals surface area contributed by atoms with Crippen molar-refractivity contribution >= 4 is 34.8 Å². The molecule has 2 aromatic carbocycles. The van der Waals surface area contributed by atoms with Crippen molar-refractivity contribution in [3.05, 3.63) is 63.6 Å². The number of ether oxygens (including phenoxy) is 2. The van der Waals surface area contributed by atoms with Gasteiger partial charge < -0.3 is 9.47 Å². The Hall–Kier alpha value is -1.55. The summed E-state index contributed by atoms with van der Waals surface area (Å²) in [6.45, 7) is 2.01. The highest BCUT2D eigenvalue weighted by Crippen LogP contribution is 2.34. The molecule has 0 fully saturated rings. The summed E-state index contributed by atoms with van der Waals surface area (Å²) in [5.41, 5.74) is 2.54. The van der Waals surface area contributed by atoms with Gasteiger partial charge in [-0.05, 0) is 30.2 Å². The third-order valence-electron chi connectivity index (χ3n) is 3.30. The van der Waals surface area contributed by atoms with Gasteiger partial charge in [0.15, 0.2) is 6.10 Å². The largest absolute Gasteiger partial charge is 0.482 e. The zero-order valence-electron chi connectivity index (χ0n) is 12.6. The average Bonchev–Trinajstić information content (AvgIpc) is 2.51. The fourth-order valence-corrected chi connectivity index (χ4v) is 2.64. The van der Waals surface area contributed by atoms with Gasteiger partial charge in [-0.1, -0.05) is 53.5 Å². The maximum absolute atomic E-state index is 6.17. The number of para-hydroxylation sites is 1. The Morgan fingerprint density at radius 3 is 2.18 bits per heavy atom. The van der Waals surface area contributed by atoms with E-state index in [-0.39, 0.29) is 0 Å². The van der Waals surface area contributed by atoms with Crippen LogP contribution in [-0.4, -0.2) is 20.1 Å². The summed E-state index contributed by atoms with van der Waals surface area (Å²) in [5.74, 6) is 0.395. The lowest BCUT2D eigenvalue weighted by Crippen LogP contribution is -2.17. The molecule has 0 N–H and O–H groups in total. The van der Waals surface area contributed by atoms with E-state index < -0.39 is 6.10 Å². The molecule has 0 aromatic heterocycles. The predicted octanol–water partition coefficient (Wildman–Crippen LogP) is 5.37. The monoisotopic (exact) mass is 337 g/mol. The lowest BCUT2D eigenvalue weighted by atomic mass is 10.0. The molecule has 2 rings (SSSR count). The Morgan fingerprint density at radius 1 is 1.00 bits per heavy atom. The van der Waals surface area contributed by atoms with Crippen molar-refractivity contribution in [2.24, 2.45) is 4.99 Å². The number of methoxy groups -OCH3 is 2. The molecule has 0 aliphatic heterocycles. The van der Waals surface area contributed by atoms with E-state index in [9.17, 15) is 0 Å². The normalized spacial score (nSPS) is 13.0. The minimum atomic E-state index is -0.432. The molecule has 0 spiro atoms. The molecule has 1 atom stereocenters. The van der Waals surface area contributed by atoms with Gasteiger partial charge in [0.05, 0.1) is 17.2 Å². The molecular weight excluding hydrogens is 321 g/mol. The number of rotatable bonds is 4. The third-order valence-corrected chi connectivity index (χ3v) is 3.91. The Bertz CT molecular complexity index is 666. The van der Waals surface area contributed by atoms with Gasteiger partial charge in [0.2, 0.25) is 5.90 Å². The van der Waals surface area contributed by atoms with Crippen molar-refractivity contribution in [3.8, 4) is 0 Å². The van der Waals surface area contributed by atoms with Crippen molar-refractivity contribution in [3.63, 3.8) is 0 Å². The quantitative estimate of drug-likeness (QED) is 0.554. The Kier molecular flexibility index (Phi) is 5.83. The van der Waals surface area contributed by atoms with Crippen LogP contribution in [0, 0.1) is 6.92 Å². The molecular formula is C17H17Cl2NO2. The van der Waals surface area contributed by atoms with Gasteiger partial charge >= 0.3 is 0 Å². The summed E-state index contributed by atoms with van der Waals surface area (Å²) >= 11 is 12.3. The summed E-state index contributed by atoms with van der Waals surface area (Å²) in [4.78, 5) is 4.47. The van der Waals surface area contributed by atoms with Crippen LogP contribution in [0.4, 0.5) is 5.69 Å². The van der Waals surface area contributed by atoms with Gasteiger partial charge in [0.25, 0.3) is 0 Å². The second kappa shape index (κ2) is 7.63. The first-order valence-corrected chi connectivity index (χ1v) is 7.49. The van der Waals surface area contributed by atoms with Gasteiger partial charge in [-0.15, -0.1) is 0 Å². The molecule has 0 radical (unpaired) electrons. The average molecular weight is 338 g/mol. The van der Waals surface area contributed by atoms with Crippen LogP contribution in [-0.2, 0) is 9.47 Å². The molecule has 22 heavy (non-hydrogen) atoms. The van der Waals surface area contributed by atoms with Gasteiger partial charge in [-0.3, -0.25) is 0 Å². The van der Waals surface area contributed by atoms with Gasteiger partial charge in [-0.25, -0.2) is 4.99 Å². The molecule has 0 aliphatic carbocycles. The van der Waals surface area contributed by atoms with E-state index in [2.05, 4.69) is 4.99 Å². The molecule has 3 nitrogen and oxygen atoms in total. The van der Waals surface area contributed by atoms with Crippen molar-refractivity contribution < 1.29 is 9.47 Å². The first kappa shape index (κ1) is 16.8. The number of halogens is 2. The third kappa shape index (κ3) is 3.61. The van der Waals surface area contributed by atoms with Crippen LogP contribution in [0.1, 0.15) is 17.2 Å². The Morgan fingerprint density at radius 2 is 1.64 bits per heavy atom. The molecule has 0 saturated carbocycles. The highest BCUT2D eigenvalue weighted by atomic mass is 35.5. The van der Waals surface area contributed by atoms with Crippen LogP contribution in [0.25, 0.3) is 0 Å². The van der Waals surface area contributed by atoms with Crippen molar-refractivity contribution in [1.82, 2.24) is 0 Å². The van der Waals surface area contributed by atoms with Crippen molar-refractivity contribution in [2.75, 3.05) is 14.2 Å². The van der Waals surface area contributed by atoms with Crippen LogP contribution in [0.2, 0.25) is 10.0 Å². The summed E-state index contributed by atoms with van der Waals surface area (Å²) in [7, 11) is 3.16. The first-order chi connectivity index (χ1) is 10.6. The lowest BCUT2D eigenvalue weighted by molar-refractivity contribution is 0.134. The smallest absolute Gasteiger partial charge is 0.223 e. The molecule has 0 saturated heterocycles. The topological polar surface area (TPSA) is 30.8 Å². The number of hydrogen-bond donors (Lipinski definition) is 0. The fourth-order valence-electron chi connectivity index (χ4n) is 2.16. The number of hydrogen-bond acceptors (Lipinski definition) is 3. The second-order valence-electron chi connectivity index (χ2n) is 4.70. The van der Waals surface area contributed by atoms with E-state index in [0.29, 0.717) is 21.6 Å². The SMILES string of the molecule is COC(=Nc1c(Cl)cccc1Cl)C(OC)c1ccccc1C. The van der Waals surface area contributed by atoms with Gasteiger partial charge in [0.1, 0.15) is 5.69 Å². The summed E-state index contributed by atoms with van der Waals surface area (Å²) in [6, 6.07) is 13.1. The molecule has 2 aromatic rings. The second-order valence-corrected chi connectivity index (χ2v) is 5.51. The lowest BCUT2D eigenvalue weighted by Gasteiger charge is -2.19. The number of nitrogens with zero attached hydrogens (tertiary/aromatic N) is 1. The number of aryl methyl sites for hydroxylation is 1. The summed E-state index contributed by atoms with van der Waals surface area (Å²) in [6.07, 6.45) is -0.432. The van der Waals surface area contributed by atoms with Crippen LogP contribution < -0.4 is 0 Å². The predicted molar refractivity (Wildman–Crippen MR) is 91.5 cm³/mol. The maximum Gasteiger partial charge on any atom is 0.223 e. The van der Waals surface area contributed by atoms with Gasteiger partial charge in [-0.2, -0.15) is 0 Å². The van der Waals surface area contributed by atoms with Crippen molar-refractivity contribution in [2.45, 2.75) is 13.0 Å². The molecule has 5 heteroatoms. The highest BCUT2D eigenvalue weighted by molar-refractivity contribution is 6.38. The minimum Gasteiger partial charge on any atom is -0.482 e. The zero-order valence-corrected chi connectivity index (χ0v) is 14.2. The molecule has 116 valence electrons. The number of benzene rings is 2. The maximum atomic E-state index is 6.17. The van der Waals surface area contributed by atoms with Crippen LogP contribution in [0.5, 0.6) is 0 Å². The Labute approximate surface area is 140 Å². The van der Waals surface area contributed by atoms with Crippen LogP contribution in [0.15, 0.2) is 47.5 Å². The molecule has 0 aliphatic rings. The number of aliphatic imine (C=N–C) groups is 1. The van der Waals surface area contributed by atoms with E-state index >= 15 is 0 Å². The summed E-state index contributed by atoms with van der Waals surface area (Å²) in [5, 5.41) is 0.920. The van der Waals surface area contributed by atoms with E-state index in [4.69, 9.17) is 32.7 Å². The molecule has 0 bridgehead atoms. The van der Waals surface area contributed by atoms with Crippen molar-refractivity contribution in [1.29, 1.82) is 0 Å². The first-order valence-electron chi connectivity index (χ1n) is 6.73. The summed E-state index contributed by atoms with van der Waals surface area (Å²) < 4.78 is 11.0. The standard InChI is InChI=1S/C17H17Cl2NO2/c1-11-7-4-5-8-12(11)16(21-2)17(22-3)20-15-13(18)9-6-10-14(15)19/h4-10,16H,1-3H3. The Balaban J connectivity index is 2.50. The van der Waals surface area contributed by atoms with Crippen LogP contribution >= 0.6 is 23.2 Å². The molecule has 0 heterocycles. The molecule has 0 amide bonds. The zero-order chi connectivity index (χ0) is 16.1. The van der Waals surface area contributed by atoms with E-state index in [1.54, 1.807) is 32.4 Å². The van der Waals surface area contributed by atoms with E-state index in [0.717, 1.165) is 11.1 Å².